The minimum atomic E-state index is -0.320. The first-order valence-electron chi connectivity index (χ1n) is 5.73. The first-order valence-corrected chi connectivity index (χ1v) is 5.73. The van der Waals surface area contributed by atoms with Crippen LogP contribution in [0.3, 0.4) is 0 Å². The fourth-order valence-corrected chi connectivity index (χ4v) is 1.54. The number of hydrogen-bond acceptors (Lipinski definition) is 3. The van der Waals surface area contributed by atoms with Crippen LogP contribution >= 0.6 is 0 Å². The molecule has 1 amide bonds. The number of aromatic amines is 1. The smallest absolute Gasteiger partial charge is 0.241 e. The summed E-state index contributed by atoms with van der Waals surface area (Å²) in [6, 6.07) is 4.31. The number of likely N-dealkylation sites (N-methyl/N-ethyl adjacent to an activating group) is 1. The van der Waals surface area contributed by atoms with E-state index in [1.54, 1.807) is 18.0 Å². The molecule has 0 aliphatic rings. The highest BCUT2D eigenvalue weighted by atomic mass is 19.1. The van der Waals surface area contributed by atoms with Gasteiger partial charge in [-0.05, 0) is 25.1 Å². The Morgan fingerprint density at radius 1 is 1.56 bits per heavy atom. The normalized spacial score (nSPS) is 10.6. The summed E-state index contributed by atoms with van der Waals surface area (Å²) in [6.45, 7) is 2.72. The van der Waals surface area contributed by atoms with Gasteiger partial charge in [0.25, 0.3) is 0 Å². The summed E-state index contributed by atoms with van der Waals surface area (Å²) in [5.74, 6) is 0.122. The number of benzene rings is 1. The van der Waals surface area contributed by atoms with Crippen LogP contribution in [-0.4, -0.2) is 40.9 Å². The Morgan fingerprint density at radius 2 is 2.33 bits per heavy atom. The molecule has 2 aromatic rings. The quantitative estimate of drug-likeness (QED) is 0.866. The van der Waals surface area contributed by atoms with Crippen LogP contribution in [0.5, 0.6) is 0 Å². The van der Waals surface area contributed by atoms with Crippen LogP contribution in [0.25, 0.3) is 11.0 Å². The van der Waals surface area contributed by atoms with Gasteiger partial charge in [-0.2, -0.15) is 0 Å². The highest BCUT2D eigenvalue weighted by Crippen LogP contribution is 2.15. The van der Waals surface area contributed by atoms with E-state index in [4.69, 9.17) is 0 Å². The Balaban J connectivity index is 2.06. The van der Waals surface area contributed by atoms with Gasteiger partial charge in [-0.1, -0.05) is 0 Å². The lowest BCUT2D eigenvalue weighted by Gasteiger charge is -2.14. The predicted molar refractivity (Wildman–Crippen MR) is 67.9 cm³/mol. The van der Waals surface area contributed by atoms with Crippen LogP contribution in [0.4, 0.5) is 10.3 Å². The molecule has 0 unspecified atom stereocenters. The topological polar surface area (TPSA) is 61.0 Å². The van der Waals surface area contributed by atoms with Gasteiger partial charge in [0.15, 0.2) is 0 Å². The molecular weight excluding hydrogens is 235 g/mol. The fourth-order valence-electron chi connectivity index (χ4n) is 1.54. The number of hydrogen-bond donors (Lipinski definition) is 2. The molecule has 1 heterocycles. The maximum atomic E-state index is 13.0. The summed E-state index contributed by atoms with van der Waals surface area (Å²) in [7, 11) is 1.73. The molecule has 0 radical (unpaired) electrons. The standard InChI is InChI=1S/C12H15FN4O/c1-3-17(2)11(18)7-14-12-15-9-5-4-8(13)6-10(9)16-12/h4-6H,3,7H2,1-2H3,(H2,14,15,16). The van der Waals surface area contributed by atoms with Gasteiger partial charge in [-0.3, -0.25) is 4.79 Å². The van der Waals surface area contributed by atoms with Crippen LogP contribution in [-0.2, 0) is 4.79 Å². The van der Waals surface area contributed by atoms with E-state index in [9.17, 15) is 9.18 Å². The lowest BCUT2D eigenvalue weighted by atomic mass is 10.3. The molecule has 0 spiro atoms. The van der Waals surface area contributed by atoms with Gasteiger partial charge in [0.2, 0.25) is 11.9 Å². The second-order valence-electron chi connectivity index (χ2n) is 4.01. The second kappa shape index (κ2) is 5.03. The molecule has 0 saturated heterocycles. The van der Waals surface area contributed by atoms with Gasteiger partial charge in [0.05, 0.1) is 17.6 Å². The number of nitrogens with zero attached hydrogens (tertiary/aromatic N) is 2. The number of carbonyl (C=O) groups is 1. The SMILES string of the molecule is CCN(C)C(=O)CNc1nc2ccc(F)cc2[nH]1. The number of amides is 1. The zero-order chi connectivity index (χ0) is 13.1. The van der Waals surface area contributed by atoms with Gasteiger partial charge >= 0.3 is 0 Å². The van der Waals surface area contributed by atoms with Crippen molar-refractivity contribution in [2.75, 3.05) is 25.5 Å². The van der Waals surface area contributed by atoms with Crippen LogP contribution in [0.15, 0.2) is 18.2 Å². The van der Waals surface area contributed by atoms with Crippen LogP contribution < -0.4 is 5.32 Å². The van der Waals surface area contributed by atoms with E-state index < -0.39 is 0 Å². The molecule has 2 N–H and O–H groups in total. The number of imidazole rings is 1. The van der Waals surface area contributed by atoms with Crippen molar-refractivity contribution in [2.45, 2.75) is 6.92 Å². The number of carbonyl (C=O) groups excluding carboxylic acids is 1. The van der Waals surface area contributed by atoms with E-state index in [-0.39, 0.29) is 18.3 Å². The lowest BCUT2D eigenvalue weighted by Crippen LogP contribution is -2.32. The highest BCUT2D eigenvalue weighted by molar-refractivity contribution is 5.81. The molecule has 2 rings (SSSR count). The first kappa shape index (κ1) is 12.3. The molecule has 5 nitrogen and oxygen atoms in total. The average Bonchev–Trinajstić information content (AvgIpc) is 2.76. The lowest BCUT2D eigenvalue weighted by molar-refractivity contribution is -0.127. The van der Waals surface area contributed by atoms with Crippen molar-refractivity contribution in [3.63, 3.8) is 0 Å². The average molecular weight is 250 g/mol. The fraction of sp³-hybridized carbons (Fsp3) is 0.333. The Kier molecular flexibility index (Phi) is 3.45. The molecule has 0 aliphatic heterocycles. The predicted octanol–water partition coefficient (Wildman–Crippen LogP) is 1.59. The first-order chi connectivity index (χ1) is 8.60. The van der Waals surface area contributed by atoms with Crippen molar-refractivity contribution in [3.05, 3.63) is 24.0 Å². The van der Waals surface area contributed by atoms with E-state index in [2.05, 4.69) is 15.3 Å². The second-order valence-corrected chi connectivity index (χ2v) is 4.01. The molecule has 1 aromatic carbocycles. The third-order valence-electron chi connectivity index (χ3n) is 2.75. The molecule has 0 aliphatic carbocycles. The summed E-state index contributed by atoms with van der Waals surface area (Å²) in [6.07, 6.45) is 0. The van der Waals surface area contributed by atoms with Crippen LogP contribution in [0.2, 0.25) is 0 Å². The number of H-pyrrole nitrogens is 1. The zero-order valence-electron chi connectivity index (χ0n) is 10.3. The van der Waals surface area contributed by atoms with Crippen molar-refractivity contribution >= 4 is 22.9 Å². The van der Waals surface area contributed by atoms with Crippen molar-refractivity contribution in [3.8, 4) is 0 Å². The summed E-state index contributed by atoms with van der Waals surface area (Å²) < 4.78 is 13.0. The van der Waals surface area contributed by atoms with Crippen LogP contribution in [0.1, 0.15) is 6.92 Å². The van der Waals surface area contributed by atoms with E-state index in [0.29, 0.717) is 23.5 Å². The Hall–Kier alpha value is -2.11. The van der Waals surface area contributed by atoms with Crippen molar-refractivity contribution < 1.29 is 9.18 Å². The van der Waals surface area contributed by atoms with Crippen molar-refractivity contribution in [1.29, 1.82) is 0 Å². The van der Waals surface area contributed by atoms with Crippen LogP contribution in [0, 0.1) is 5.82 Å². The van der Waals surface area contributed by atoms with Crippen molar-refractivity contribution in [1.82, 2.24) is 14.9 Å². The number of aromatic nitrogens is 2. The van der Waals surface area contributed by atoms with Gasteiger partial charge in [0.1, 0.15) is 5.82 Å². The Morgan fingerprint density at radius 3 is 3.06 bits per heavy atom. The minimum Gasteiger partial charge on any atom is -0.347 e. The Bertz CT molecular complexity index is 566. The third kappa shape index (κ3) is 2.58. The summed E-state index contributed by atoms with van der Waals surface area (Å²) in [5, 5.41) is 2.89. The van der Waals surface area contributed by atoms with Crippen molar-refractivity contribution in [2.24, 2.45) is 0 Å². The van der Waals surface area contributed by atoms with Gasteiger partial charge in [-0.25, -0.2) is 9.37 Å². The number of fused-ring (bicyclic) bond motifs is 1. The molecule has 6 heteroatoms. The molecule has 0 atom stereocenters. The minimum absolute atomic E-state index is 0.0239. The highest BCUT2D eigenvalue weighted by Gasteiger charge is 2.08. The molecule has 0 bridgehead atoms. The number of halogens is 1. The molecule has 0 fully saturated rings. The van der Waals surface area contributed by atoms with Gasteiger partial charge in [-0.15, -0.1) is 0 Å². The summed E-state index contributed by atoms with van der Waals surface area (Å²) in [4.78, 5) is 20.3. The number of rotatable bonds is 4. The zero-order valence-corrected chi connectivity index (χ0v) is 10.3. The number of anilines is 1. The largest absolute Gasteiger partial charge is 0.347 e. The monoisotopic (exact) mass is 250 g/mol. The molecule has 1 aromatic heterocycles. The maximum absolute atomic E-state index is 13.0. The molecule has 0 saturated carbocycles. The summed E-state index contributed by atoms with van der Waals surface area (Å²) >= 11 is 0. The summed E-state index contributed by atoms with van der Waals surface area (Å²) in [5.41, 5.74) is 1.27. The molecule has 18 heavy (non-hydrogen) atoms. The number of nitrogens with one attached hydrogen (secondary N) is 2. The van der Waals surface area contributed by atoms with Gasteiger partial charge < -0.3 is 15.2 Å². The van der Waals surface area contributed by atoms with Gasteiger partial charge in [0, 0.05) is 13.6 Å². The van der Waals surface area contributed by atoms with E-state index in [0.717, 1.165) is 0 Å². The van der Waals surface area contributed by atoms with E-state index in [1.165, 1.54) is 12.1 Å². The van der Waals surface area contributed by atoms with E-state index in [1.807, 2.05) is 6.92 Å². The van der Waals surface area contributed by atoms with E-state index >= 15 is 0 Å². The molecular formula is C12H15FN4O. The molecule has 96 valence electrons. The Labute approximate surface area is 104 Å². The third-order valence-corrected chi connectivity index (χ3v) is 2.75. The maximum Gasteiger partial charge on any atom is 0.241 e.